The van der Waals surface area contributed by atoms with Gasteiger partial charge in [-0.05, 0) is 68.0 Å². The number of nitrogens with one attached hydrogen (secondary N) is 1. The van der Waals surface area contributed by atoms with Gasteiger partial charge in [0.1, 0.15) is 17.5 Å². The first-order valence-corrected chi connectivity index (χ1v) is 13.3. The van der Waals surface area contributed by atoms with Crippen molar-refractivity contribution in [2.45, 2.75) is 63.8 Å². The SMILES string of the molecule is COC(=O)C1CCC(OC[C@@H]2C[C@H](F)CN2C(=O)Cc2ccc3nc(Nc4cc(F)ccc4C)oc3c2)CC1. The topological polar surface area (TPSA) is 93.9 Å². The van der Waals surface area contributed by atoms with Crippen molar-refractivity contribution in [1.29, 1.82) is 0 Å². The molecule has 1 saturated carbocycles. The fourth-order valence-corrected chi connectivity index (χ4v) is 5.45. The number of methoxy groups -OCH3 is 1. The molecule has 1 N–H and O–H groups in total. The van der Waals surface area contributed by atoms with Crippen LogP contribution in [0.4, 0.5) is 20.5 Å². The Labute approximate surface area is 225 Å². The molecule has 208 valence electrons. The second-order valence-corrected chi connectivity index (χ2v) is 10.4. The quantitative estimate of drug-likeness (QED) is 0.390. The van der Waals surface area contributed by atoms with Crippen LogP contribution in [0.5, 0.6) is 0 Å². The summed E-state index contributed by atoms with van der Waals surface area (Å²) in [5.41, 5.74) is 3.20. The van der Waals surface area contributed by atoms with Crippen molar-refractivity contribution in [3.8, 4) is 0 Å². The number of hydrogen-bond donors (Lipinski definition) is 1. The molecule has 2 atom stereocenters. The number of amides is 1. The molecule has 1 aliphatic heterocycles. The van der Waals surface area contributed by atoms with Gasteiger partial charge in [0.05, 0.1) is 44.7 Å². The number of anilines is 2. The van der Waals surface area contributed by atoms with Gasteiger partial charge in [-0.2, -0.15) is 4.98 Å². The van der Waals surface area contributed by atoms with Crippen LogP contribution in [0, 0.1) is 18.7 Å². The van der Waals surface area contributed by atoms with E-state index in [0.29, 0.717) is 29.6 Å². The predicted molar refractivity (Wildman–Crippen MR) is 141 cm³/mol. The molecule has 1 amide bonds. The van der Waals surface area contributed by atoms with E-state index in [1.807, 2.05) is 6.92 Å². The van der Waals surface area contributed by atoms with E-state index in [4.69, 9.17) is 13.9 Å². The van der Waals surface area contributed by atoms with Gasteiger partial charge in [-0.25, -0.2) is 8.78 Å². The minimum Gasteiger partial charge on any atom is -0.469 e. The summed E-state index contributed by atoms with van der Waals surface area (Å²) in [5.74, 6) is -0.814. The number of benzene rings is 2. The van der Waals surface area contributed by atoms with Crippen LogP contribution in [0.1, 0.15) is 43.2 Å². The fraction of sp³-hybridized carbons (Fsp3) is 0.483. The molecule has 3 aromatic rings. The maximum Gasteiger partial charge on any atom is 0.308 e. The summed E-state index contributed by atoms with van der Waals surface area (Å²) in [6, 6.07) is 9.62. The van der Waals surface area contributed by atoms with Crippen molar-refractivity contribution in [2.75, 3.05) is 25.6 Å². The predicted octanol–water partition coefficient (Wildman–Crippen LogP) is 5.25. The van der Waals surface area contributed by atoms with Gasteiger partial charge in [0, 0.05) is 12.1 Å². The van der Waals surface area contributed by atoms with Gasteiger partial charge in [0.25, 0.3) is 6.01 Å². The summed E-state index contributed by atoms with van der Waals surface area (Å²) < 4.78 is 44.7. The largest absolute Gasteiger partial charge is 0.469 e. The second kappa shape index (κ2) is 11.7. The third-order valence-corrected chi connectivity index (χ3v) is 7.67. The van der Waals surface area contributed by atoms with E-state index in [2.05, 4.69) is 10.3 Å². The highest BCUT2D eigenvalue weighted by molar-refractivity contribution is 5.82. The lowest BCUT2D eigenvalue weighted by Crippen LogP contribution is -2.40. The molecule has 5 rings (SSSR count). The van der Waals surface area contributed by atoms with Crippen molar-refractivity contribution in [3.05, 3.63) is 53.3 Å². The Morgan fingerprint density at radius 2 is 1.95 bits per heavy atom. The molecule has 1 aromatic heterocycles. The monoisotopic (exact) mass is 541 g/mol. The average molecular weight is 542 g/mol. The Morgan fingerprint density at radius 3 is 2.72 bits per heavy atom. The summed E-state index contributed by atoms with van der Waals surface area (Å²) in [6.45, 7) is 2.17. The van der Waals surface area contributed by atoms with Gasteiger partial charge in [-0.15, -0.1) is 0 Å². The number of aryl methyl sites for hydroxylation is 1. The normalized spacial score (nSPS) is 23.2. The number of hydrogen-bond acceptors (Lipinski definition) is 7. The van der Waals surface area contributed by atoms with Crippen LogP contribution < -0.4 is 5.32 Å². The molecule has 8 nitrogen and oxygen atoms in total. The van der Waals surface area contributed by atoms with Gasteiger partial charge in [0.15, 0.2) is 5.58 Å². The first kappa shape index (κ1) is 27.1. The highest BCUT2D eigenvalue weighted by Crippen LogP contribution is 2.30. The molecule has 1 saturated heterocycles. The summed E-state index contributed by atoms with van der Waals surface area (Å²) in [7, 11) is 1.40. The number of halogens is 2. The summed E-state index contributed by atoms with van der Waals surface area (Å²) in [4.78, 5) is 30.9. The average Bonchev–Trinajstić information content (AvgIpc) is 3.51. The van der Waals surface area contributed by atoms with E-state index in [1.165, 1.54) is 19.2 Å². The molecule has 10 heteroatoms. The van der Waals surface area contributed by atoms with E-state index in [9.17, 15) is 18.4 Å². The summed E-state index contributed by atoms with van der Waals surface area (Å²) in [5, 5.41) is 3.00. The summed E-state index contributed by atoms with van der Waals surface area (Å²) >= 11 is 0. The Bertz CT molecular complexity index is 1340. The van der Waals surface area contributed by atoms with Crippen LogP contribution in [0.25, 0.3) is 11.1 Å². The summed E-state index contributed by atoms with van der Waals surface area (Å²) in [6.07, 6.45) is 2.15. The van der Waals surface area contributed by atoms with Crippen LogP contribution >= 0.6 is 0 Å². The number of likely N-dealkylation sites (tertiary alicyclic amines) is 1. The Balaban J connectivity index is 1.18. The molecular weight excluding hydrogens is 508 g/mol. The molecule has 2 aromatic carbocycles. The van der Waals surface area contributed by atoms with E-state index in [-0.39, 0.29) is 67.8 Å². The minimum absolute atomic E-state index is 0.00523. The number of fused-ring (bicyclic) bond motifs is 1. The number of nitrogens with zero attached hydrogens (tertiary/aromatic N) is 2. The second-order valence-electron chi connectivity index (χ2n) is 10.4. The zero-order chi connectivity index (χ0) is 27.5. The molecule has 2 aliphatic rings. The van der Waals surface area contributed by atoms with Crippen LogP contribution in [-0.2, 0) is 25.5 Å². The lowest BCUT2D eigenvalue weighted by Gasteiger charge is -2.30. The van der Waals surface area contributed by atoms with Gasteiger partial charge in [0.2, 0.25) is 5.91 Å². The molecule has 0 radical (unpaired) electrons. The van der Waals surface area contributed by atoms with E-state index >= 15 is 0 Å². The third kappa shape index (κ3) is 6.38. The number of carbonyl (C=O) groups is 2. The molecule has 2 fully saturated rings. The number of oxazole rings is 1. The highest BCUT2D eigenvalue weighted by Gasteiger charge is 2.36. The maximum atomic E-state index is 14.4. The number of esters is 1. The number of alkyl halides is 1. The van der Waals surface area contributed by atoms with Gasteiger partial charge < -0.3 is 24.1 Å². The standard InChI is InChI=1S/C29H33F2N3O5/c1-17-3-7-20(30)14-25(17)33-29-32-24-10-4-18(11-26(24)39-29)12-27(35)34-15-21(31)13-22(34)16-38-23-8-5-19(6-9-23)28(36)37-2/h3-4,7,10-11,14,19,21-23H,5-6,8-9,12-13,15-16H2,1-2H3,(H,32,33)/t19?,21-,22-,23?/m0/s1. The molecule has 39 heavy (non-hydrogen) atoms. The Kier molecular flexibility index (Phi) is 8.11. The van der Waals surface area contributed by atoms with Crippen molar-refractivity contribution < 1.29 is 32.3 Å². The van der Waals surface area contributed by atoms with Gasteiger partial charge in [-0.3, -0.25) is 9.59 Å². The molecule has 0 bridgehead atoms. The number of rotatable bonds is 8. The van der Waals surface area contributed by atoms with Crippen LogP contribution in [0.3, 0.4) is 0 Å². The van der Waals surface area contributed by atoms with E-state index < -0.39 is 6.17 Å². The zero-order valence-corrected chi connectivity index (χ0v) is 22.1. The van der Waals surface area contributed by atoms with Crippen molar-refractivity contribution in [3.63, 3.8) is 0 Å². The van der Waals surface area contributed by atoms with Crippen LogP contribution in [0.15, 0.2) is 40.8 Å². The smallest absolute Gasteiger partial charge is 0.308 e. The fourth-order valence-electron chi connectivity index (χ4n) is 5.45. The lowest BCUT2D eigenvalue weighted by atomic mass is 9.87. The van der Waals surface area contributed by atoms with Crippen molar-refractivity contribution in [2.24, 2.45) is 5.92 Å². The maximum absolute atomic E-state index is 14.4. The highest BCUT2D eigenvalue weighted by atomic mass is 19.1. The molecule has 2 heterocycles. The minimum atomic E-state index is -1.09. The number of carbonyl (C=O) groups excluding carboxylic acids is 2. The molecule has 0 unspecified atom stereocenters. The van der Waals surface area contributed by atoms with Crippen molar-refractivity contribution in [1.82, 2.24) is 9.88 Å². The van der Waals surface area contributed by atoms with Gasteiger partial charge in [-0.1, -0.05) is 12.1 Å². The van der Waals surface area contributed by atoms with E-state index in [0.717, 1.165) is 24.0 Å². The van der Waals surface area contributed by atoms with E-state index in [1.54, 1.807) is 29.2 Å². The van der Waals surface area contributed by atoms with Gasteiger partial charge >= 0.3 is 5.97 Å². The first-order valence-electron chi connectivity index (χ1n) is 13.3. The zero-order valence-electron chi connectivity index (χ0n) is 22.1. The van der Waals surface area contributed by atoms with Crippen molar-refractivity contribution >= 4 is 34.7 Å². The third-order valence-electron chi connectivity index (χ3n) is 7.67. The molecular formula is C29H33F2N3O5. The first-order chi connectivity index (χ1) is 18.8. The van der Waals surface area contributed by atoms with Crippen LogP contribution in [0.2, 0.25) is 0 Å². The lowest BCUT2D eigenvalue weighted by molar-refractivity contribution is -0.148. The number of aromatic nitrogens is 1. The Morgan fingerprint density at radius 1 is 1.15 bits per heavy atom. The number of ether oxygens (including phenoxy) is 2. The molecule has 0 spiro atoms. The Hall–Kier alpha value is -3.53. The van der Waals surface area contributed by atoms with Crippen LogP contribution in [-0.4, -0.2) is 60.3 Å². The molecule has 1 aliphatic carbocycles.